The smallest absolute Gasteiger partial charge is 0.144 e. The Balaban J connectivity index is 2.98. The van der Waals surface area contributed by atoms with Crippen LogP contribution in [0.2, 0.25) is 0 Å². The lowest BCUT2D eigenvalue weighted by Gasteiger charge is -2.19. The van der Waals surface area contributed by atoms with Gasteiger partial charge in [0.25, 0.3) is 0 Å². The number of hydrogen-bond acceptors (Lipinski definition) is 3. The Morgan fingerprint density at radius 3 is 2.74 bits per heavy atom. The molecule has 0 aromatic rings. The van der Waals surface area contributed by atoms with Crippen LogP contribution in [0.1, 0.15) is 53.4 Å². The first-order valence-electron chi connectivity index (χ1n) is 6.68. The number of hydrogen-bond donors (Lipinski definition) is 0. The Morgan fingerprint density at radius 1 is 1.53 bits per heavy atom. The molecule has 0 radical (unpaired) electrons. The van der Waals surface area contributed by atoms with Crippen molar-refractivity contribution >= 4 is 17.6 Å². The maximum Gasteiger partial charge on any atom is 0.144 e. The van der Waals surface area contributed by atoms with Crippen LogP contribution in [-0.4, -0.2) is 15.5 Å². The second-order valence-corrected chi connectivity index (χ2v) is 7.55. The van der Waals surface area contributed by atoms with Crippen molar-refractivity contribution in [3.8, 4) is 6.07 Å². The number of rotatable bonds is 4. The molecule has 1 unspecified atom stereocenters. The summed E-state index contributed by atoms with van der Waals surface area (Å²) in [5.41, 5.74) is 2.90. The fourth-order valence-electron chi connectivity index (χ4n) is 1.89. The van der Waals surface area contributed by atoms with Crippen LogP contribution in [0.15, 0.2) is 27.2 Å². The van der Waals surface area contributed by atoms with Crippen LogP contribution < -0.4 is 0 Å². The molecule has 0 saturated heterocycles. The molecule has 0 amide bonds. The quantitative estimate of drug-likeness (QED) is 0.579. The lowest BCUT2D eigenvalue weighted by molar-refractivity contribution is 0.561. The van der Waals surface area contributed by atoms with Crippen molar-refractivity contribution in [2.75, 3.05) is 0 Å². The van der Waals surface area contributed by atoms with E-state index in [4.69, 9.17) is 5.26 Å². The van der Waals surface area contributed by atoms with Crippen molar-refractivity contribution in [2.24, 2.45) is 4.40 Å². The largest absolute Gasteiger partial charge is 0.591 e. The molecular formula is C15H22N2OS. The minimum absolute atomic E-state index is 0.343. The molecule has 0 saturated carbocycles. The summed E-state index contributed by atoms with van der Waals surface area (Å²) < 4.78 is 15.8. The van der Waals surface area contributed by atoms with Crippen molar-refractivity contribution in [3.05, 3.63) is 22.8 Å². The van der Waals surface area contributed by atoms with E-state index in [0.29, 0.717) is 0 Å². The average molecular weight is 278 g/mol. The van der Waals surface area contributed by atoms with Gasteiger partial charge in [-0.3, -0.25) is 0 Å². The summed E-state index contributed by atoms with van der Waals surface area (Å²) in [5, 5.41) is 9.16. The van der Waals surface area contributed by atoms with Gasteiger partial charge in [0.15, 0.2) is 0 Å². The summed E-state index contributed by atoms with van der Waals surface area (Å²) >= 11 is -1.24. The molecule has 0 aromatic carbocycles. The third-order valence-electron chi connectivity index (χ3n) is 2.92. The first-order chi connectivity index (χ1) is 8.90. The molecule has 3 nitrogen and oxygen atoms in total. The third-order valence-corrected chi connectivity index (χ3v) is 4.27. The summed E-state index contributed by atoms with van der Waals surface area (Å²) in [6.07, 6.45) is 7.32. The van der Waals surface area contributed by atoms with E-state index in [1.807, 2.05) is 26.8 Å². The van der Waals surface area contributed by atoms with Gasteiger partial charge in [0.1, 0.15) is 16.1 Å². The molecule has 0 spiro atoms. The van der Waals surface area contributed by atoms with Crippen LogP contribution in [0, 0.1) is 11.3 Å². The van der Waals surface area contributed by atoms with Crippen molar-refractivity contribution in [1.82, 2.24) is 0 Å². The van der Waals surface area contributed by atoms with Crippen molar-refractivity contribution in [1.29, 1.82) is 5.26 Å². The van der Waals surface area contributed by atoms with Gasteiger partial charge in [-0.2, -0.15) is 5.26 Å². The number of allylic oxidation sites excluding steroid dienone is 4. The van der Waals surface area contributed by atoms with Gasteiger partial charge in [-0.05, 0) is 51.2 Å². The molecule has 1 atom stereocenters. The Bertz CT molecular complexity index is 450. The highest BCUT2D eigenvalue weighted by Gasteiger charge is 2.26. The van der Waals surface area contributed by atoms with E-state index < -0.39 is 11.4 Å². The van der Waals surface area contributed by atoms with Gasteiger partial charge in [-0.1, -0.05) is 23.8 Å². The van der Waals surface area contributed by atoms with E-state index in [1.54, 1.807) is 6.21 Å². The molecule has 0 N–H and O–H groups in total. The Morgan fingerprint density at radius 2 is 2.21 bits per heavy atom. The SMILES string of the molecule is CCCC1=C(/C=N/[S+]([O-])C(C)(C)C)CCC=C1C#N. The van der Waals surface area contributed by atoms with Crippen LogP contribution in [0.5, 0.6) is 0 Å². The van der Waals surface area contributed by atoms with Crippen LogP contribution in [-0.2, 0) is 11.4 Å². The number of nitrogens with zero attached hydrogens (tertiary/aromatic N) is 2. The van der Waals surface area contributed by atoms with Crippen LogP contribution in [0.3, 0.4) is 0 Å². The van der Waals surface area contributed by atoms with Crippen molar-refractivity contribution < 1.29 is 4.55 Å². The minimum Gasteiger partial charge on any atom is -0.591 e. The maximum atomic E-state index is 11.9. The van der Waals surface area contributed by atoms with Gasteiger partial charge in [-0.15, -0.1) is 0 Å². The lowest BCUT2D eigenvalue weighted by Crippen LogP contribution is -2.26. The molecule has 104 valence electrons. The van der Waals surface area contributed by atoms with E-state index in [0.717, 1.165) is 42.4 Å². The molecule has 0 aromatic heterocycles. The zero-order valence-corrected chi connectivity index (χ0v) is 13.0. The molecule has 4 heteroatoms. The van der Waals surface area contributed by atoms with Gasteiger partial charge in [0.05, 0.1) is 17.9 Å². The second kappa shape index (κ2) is 6.93. The van der Waals surface area contributed by atoms with Gasteiger partial charge < -0.3 is 4.55 Å². The van der Waals surface area contributed by atoms with Crippen LogP contribution >= 0.6 is 0 Å². The predicted octanol–water partition coefficient (Wildman–Crippen LogP) is 3.86. The van der Waals surface area contributed by atoms with Crippen LogP contribution in [0.4, 0.5) is 0 Å². The molecule has 1 aliphatic carbocycles. The monoisotopic (exact) mass is 278 g/mol. The summed E-state index contributed by atoms with van der Waals surface area (Å²) in [5.74, 6) is 0. The molecule has 1 aliphatic rings. The first kappa shape index (κ1) is 16.0. The van der Waals surface area contributed by atoms with E-state index in [-0.39, 0.29) is 4.75 Å². The average Bonchev–Trinajstić information content (AvgIpc) is 2.36. The van der Waals surface area contributed by atoms with E-state index in [1.165, 1.54) is 0 Å². The highest BCUT2D eigenvalue weighted by Crippen LogP contribution is 2.28. The summed E-state index contributed by atoms with van der Waals surface area (Å²) in [6, 6.07) is 2.25. The van der Waals surface area contributed by atoms with E-state index in [2.05, 4.69) is 17.4 Å². The van der Waals surface area contributed by atoms with E-state index in [9.17, 15) is 4.55 Å². The molecular weight excluding hydrogens is 256 g/mol. The van der Waals surface area contributed by atoms with Crippen molar-refractivity contribution in [3.63, 3.8) is 0 Å². The lowest BCUT2D eigenvalue weighted by atomic mass is 9.89. The van der Waals surface area contributed by atoms with Crippen LogP contribution in [0.25, 0.3) is 0 Å². The molecule has 0 aliphatic heterocycles. The zero-order valence-electron chi connectivity index (χ0n) is 12.2. The summed E-state index contributed by atoms with van der Waals surface area (Å²) in [7, 11) is 0. The Kier molecular flexibility index (Phi) is 5.84. The topological polar surface area (TPSA) is 59.2 Å². The molecule has 0 fully saturated rings. The highest BCUT2D eigenvalue weighted by atomic mass is 32.2. The van der Waals surface area contributed by atoms with E-state index >= 15 is 0 Å². The predicted molar refractivity (Wildman–Crippen MR) is 81.3 cm³/mol. The fourth-order valence-corrected chi connectivity index (χ4v) is 2.43. The Labute approximate surface area is 119 Å². The molecule has 0 heterocycles. The van der Waals surface area contributed by atoms with Gasteiger partial charge in [-0.25, -0.2) is 0 Å². The first-order valence-corrected chi connectivity index (χ1v) is 7.79. The summed E-state index contributed by atoms with van der Waals surface area (Å²) in [4.78, 5) is 0. The number of nitriles is 1. The maximum absolute atomic E-state index is 11.9. The Hall–Kier alpha value is -1.05. The standard InChI is InChI=1S/C15H22N2OS/c1-5-7-14-12(10-16)8-6-9-13(14)11-17-19(18)15(2,3)4/h8,11H,5-7,9H2,1-4H3/b17-11+. The molecule has 19 heavy (non-hydrogen) atoms. The van der Waals surface area contributed by atoms with Gasteiger partial charge in [0, 0.05) is 0 Å². The normalized spacial score (nSPS) is 18.4. The second-order valence-electron chi connectivity index (χ2n) is 5.62. The molecule has 1 rings (SSSR count). The van der Waals surface area contributed by atoms with Gasteiger partial charge >= 0.3 is 0 Å². The molecule has 0 bridgehead atoms. The minimum atomic E-state index is -1.24. The summed E-state index contributed by atoms with van der Waals surface area (Å²) in [6.45, 7) is 7.81. The van der Waals surface area contributed by atoms with Gasteiger partial charge in [0.2, 0.25) is 0 Å². The fraction of sp³-hybridized carbons (Fsp3) is 0.600. The zero-order chi connectivity index (χ0) is 14.5. The highest BCUT2D eigenvalue weighted by molar-refractivity contribution is 7.91. The third kappa shape index (κ3) is 4.52. The van der Waals surface area contributed by atoms with Crippen molar-refractivity contribution in [2.45, 2.75) is 58.1 Å².